The van der Waals surface area contributed by atoms with Crippen molar-refractivity contribution in [1.29, 1.82) is 0 Å². The van der Waals surface area contributed by atoms with E-state index in [1.807, 2.05) is 0 Å². The highest BCUT2D eigenvalue weighted by molar-refractivity contribution is 5.88. The molecule has 0 bridgehead atoms. The molecule has 0 amide bonds. The van der Waals surface area contributed by atoms with Gasteiger partial charge in [0.05, 0.1) is 11.2 Å². The van der Waals surface area contributed by atoms with E-state index >= 15 is 0 Å². The Hall–Kier alpha value is -1.49. The fourth-order valence-corrected chi connectivity index (χ4v) is 1.18. The Balaban J connectivity index is 3.39. The van der Waals surface area contributed by atoms with E-state index in [0.717, 1.165) is 0 Å². The number of aliphatic hydroxyl groups is 1. The Morgan fingerprint density at radius 3 is 2.20 bits per heavy atom. The van der Waals surface area contributed by atoms with Crippen molar-refractivity contribution in [2.75, 3.05) is 0 Å². The summed E-state index contributed by atoms with van der Waals surface area (Å²) in [5, 5.41) is 18.0. The summed E-state index contributed by atoms with van der Waals surface area (Å²) >= 11 is 0. The van der Waals surface area contributed by atoms with Crippen LogP contribution in [0.5, 0.6) is 0 Å². The van der Waals surface area contributed by atoms with Crippen LogP contribution in [0.4, 0.5) is 8.78 Å². The molecule has 15 heavy (non-hydrogen) atoms. The number of halogens is 2. The zero-order valence-electron chi connectivity index (χ0n) is 8.21. The summed E-state index contributed by atoms with van der Waals surface area (Å²) in [4.78, 5) is 10.5. The van der Waals surface area contributed by atoms with Gasteiger partial charge in [0.1, 0.15) is 11.6 Å². The Bertz CT molecular complexity index is 408. The molecule has 2 N–H and O–H groups in total. The van der Waals surface area contributed by atoms with Crippen molar-refractivity contribution in [3.8, 4) is 0 Å². The first-order valence-corrected chi connectivity index (χ1v) is 4.18. The smallest absolute Gasteiger partial charge is 0.338 e. The van der Waals surface area contributed by atoms with Gasteiger partial charge in [-0.2, -0.15) is 0 Å². The van der Waals surface area contributed by atoms with Gasteiger partial charge in [-0.05, 0) is 26.0 Å². The predicted molar refractivity (Wildman–Crippen MR) is 48.6 cm³/mol. The summed E-state index contributed by atoms with van der Waals surface area (Å²) in [6, 6.07) is 1.25. The molecule has 0 aliphatic heterocycles. The monoisotopic (exact) mass is 216 g/mol. The van der Waals surface area contributed by atoms with E-state index in [1.165, 1.54) is 13.8 Å². The van der Waals surface area contributed by atoms with Crippen LogP contribution < -0.4 is 0 Å². The van der Waals surface area contributed by atoms with E-state index in [2.05, 4.69) is 0 Å². The number of hydrogen-bond acceptors (Lipinski definition) is 2. The highest BCUT2D eigenvalue weighted by atomic mass is 19.1. The third-order valence-corrected chi connectivity index (χ3v) is 1.95. The highest BCUT2D eigenvalue weighted by Crippen LogP contribution is 2.25. The second-order valence-corrected chi connectivity index (χ2v) is 3.68. The van der Waals surface area contributed by atoms with Crippen LogP contribution >= 0.6 is 0 Å². The molecule has 0 fully saturated rings. The Kier molecular flexibility index (Phi) is 2.77. The van der Waals surface area contributed by atoms with Gasteiger partial charge < -0.3 is 10.2 Å². The first-order valence-electron chi connectivity index (χ1n) is 4.18. The van der Waals surface area contributed by atoms with E-state index in [0.29, 0.717) is 12.1 Å². The minimum absolute atomic E-state index is 0.273. The normalized spacial score (nSPS) is 11.5. The van der Waals surface area contributed by atoms with Crippen molar-refractivity contribution in [3.63, 3.8) is 0 Å². The summed E-state index contributed by atoms with van der Waals surface area (Å²) in [5.74, 6) is -3.56. The molecule has 0 aromatic heterocycles. The zero-order chi connectivity index (χ0) is 11.8. The lowest BCUT2D eigenvalue weighted by atomic mass is 9.96. The van der Waals surface area contributed by atoms with E-state index in [4.69, 9.17) is 5.11 Å². The molecular formula is C10H10F2O3. The lowest BCUT2D eigenvalue weighted by Gasteiger charge is -2.18. The molecule has 82 valence electrons. The highest BCUT2D eigenvalue weighted by Gasteiger charge is 2.24. The van der Waals surface area contributed by atoms with Gasteiger partial charge >= 0.3 is 5.97 Å². The minimum Gasteiger partial charge on any atom is -0.478 e. The first-order chi connectivity index (χ1) is 6.73. The maximum atomic E-state index is 13.3. The van der Waals surface area contributed by atoms with Gasteiger partial charge in [-0.15, -0.1) is 0 Å². The molecule has 0 heterocycles. The van der Waals surface area contributed by atoms with Crippen molar-refractivity contribution in [2.45, 2.75) is 19.4 Å². The Labute approximate surface area is 85.0 Å². The third-order valence-electron chi connectivity index (χ3n) is 1.95. The second-order valence-electron chi connectivity index (χ2n) is 3.68. The molecule has 0 atom stereocenters. The maximum Gasteiger partial charge on any atom is 0.338 e. The number of aromatic carboxylic acids is 1. The van der Waals surface area contributed by atoms with Crippen LogP contribution in [0.25, 0.3) is 0 Å². The summed E-state index contributed by atoms with van der Waals surface area (Å²) in [6.45, 7) is 2.57. The van der Waals surface area contributed by atoms with Crippen molar-refractivity contribution >= 4 is 5.97 Å². The SMILES string of the molecule is CC(C)(O)c1cc(F)c(C(=O)O)cc1F. The van der Waals surface area contributed by atoms with Gasteiger partial charge in [-0.25, -0.2) is 13.6 Å². The molecule has 0 saturated heterocycles. The number of carboxylic acid groups (broad SMARTS) is 1. The standard InChI is InChI=1S/C10H10F2O3/c1-10(2,15)6-4-7(11)5(9(13)14)3-8(6)12/h3-4,15H,1-2H3,(H,13,14). The molecule has 0 spiro atoms. The molecule has 1 aromatic rings. The molecule has 0 aliphatic rings. The van der Waals surface area contributed by atoms with Gasteiger partial charge in [0.15, 0.2) is 0 Å². The molecule has 0 saturated carbocycles. The van der Waals surface area contributed by atoms with Crippen LogP contribution in [0, 0.1) is 11.6 Å². The molecule has 0 aliphatic carbocycles. The molecule has 0 radical (unpaired) electrons. The molecule has 5 heteroatoms. The maximum absolute atomic E-state index is 13.3. The van der Waals surface area contributed by atoms with Crippen molar-refractivity contribution in [1.82, 2.24) is 0 Å². The molecule has 3 nitrogen and oxygen atoms in total. The largest absolute Gasteiger partial charge is 0.478 e. The first kappa shape index (κ1) is 11.6. The fraction of sp³-hybridized carbons (Fsp3) is 0.300. The Morgan fingerprint density at radius 1 is 1.27 bits per heavy atom. The summed E-state index contributed by atoms with van der Waals surface area (Å²) in [6.07, 6.45) is 0. The van der Waals surface area contributed by atoms with Gasteiger partial charge in [0, 0.05) is 5.56 Å². The lowest BCUT2D eigenvalue weighted by Crippen LogP contribution is -2.19. The van der Waals surface area contributed by atoms with Gasteiger partial charge in [-0.3, -0.25) is 0 Å². The van der Waals surface area contributed by atoms with E-state index in [9.17, 15) is 18.7 Å². The summed E-state index contributed by atoms with van der Waals surface area (Å²) in [7, 11) is 0. The average molecular weight is 216 g/mol. The predicted octanol–water partition coefficient (Wildman–Crippen LogP) is 1.89. The molecular weight excluding hydrogens is 206 g/mol. The number of rotatable bonds is 2. The van der Waals surface area contributed by atoms with Crippen molar-refractivity contribution < 1.29 is 23.8 Å². The molecule has 1 rings (SSSR count). The Morgan fingerprint density at radius 2 is 1.80 bits per heavy atom. The lowest BCUT2D eigenvalue weighted by molar-refractivity contribution is 0.0677. The molecule has 1 aromatic carbocycles. The minimum atomic E-state index is -1.55. The van der Waals surface area contributed by atoms with Crippen LogP contribution in [-0.4, -0.2) is 16.2 Å². The summed E-state index contributed by atoms with van der Waals surface area (Å²) < 4.78 is 26.4. The third kappa shape index (κ3) is 2.30. The molecule has 0 unspecified atom stereocenters. The second kappa shape index (κ2) is 3.58. The number of carbonyl (C=O) groups is 1. The van der Waals surface area contributed by atoms with E-state index in [-0.39, 0.29) is 5.56 Å². The van der Waals surface area contributed by atoms with Crippen LogP contribution in [0.1, 0.15) is 29.8 Å². The van der Waals surface area contributed by atoms with Crippen molar-refractivity contribution in [2.24, 2.45) is 0 Å². The number of carboxylic acids is 1. The van der Waals surface area contributed by atoms with Gasteiger partial charge in [0.2, 0.25) is 0 Å². The average Bonchev–Trinajstić information content (AvgIpc) is 2.06. The van der Waals surface area contributed by atoms with Gasteiger partial charge in [0.25, 0.3) is 0 Å². The summed E-state index contributed by atoms with van der Waals surface area (Å²) in [5.41, 5.74) is -2.58. The topological polar surface area (TPSA) is 57.5 Å². The zero-order valence-corrected chi connectivity index (χ0v) is 8.21. The fourth-order valence-electron chi connectivity index (χ4n) is 1.18. The van der Waals surface area contributed by atoms with Crippen LogP contribution in [0.2, 0.25) is 0 Å². The number of benzene rings is 1. The van der Waals surface area contributed by atoms with Crippen LogP contribution in [-0.2, 0) is 5.60 Å². The van der Waals surface area contributed by atoms with Crippen LogP contribution in [0.15, 0.2) is 12.1 Å². The van der Waals surface area contributed by atoms with Gasteiger partial charge in [-0.1, -0.05) is 0 Å². The van der Waals surface area contributed by atoms with E-state index < -0.39 is 28.8 Å². The van der Waals surface area contributed by atoms with E-state index in [1.54, 1.807) is 0 Å². The van der Waals surface area contributed by atoms with Crippen LogP contribution in [0.3, 0.4) is 0 Å². The number of hydrogen-bond donors (Lipinski definition) is 2. The quantitative estimate of drug-likeness (QED) is 0.793. The van der Waals surface area contributed by atoms with Crippen molar-refractivity contribution in [3.05, 3.63) is 34.9 Å².